The van der Waals surface area contributed by atoms with E-state index < -0.39 is 16.2 Å². The molecule has 0 fully saturated rings. The highest BCUT2D eigenvalue weighted by Gasteiger charge is 2.22. The third-order valence-corrected chi connectivity index (χ3v) is 6.15. The molecule has 0 aliphatic heterocycles. The summed E-state index contributed by atoms with van der Waals surface area (Å²) in [4.78, 5) is 11.8. The molecule has 134 valence electrons. The number of benzene rings is 2. The Labute approximate surface area is 154 Å². The molecule has 0 atom stereocenters. The summed E-state index contributed by atoms with van der Waals surface area (Å²) in [5, 5.41) is 8.90. The number of anilines is 1. The van der Waals surface area contributed by atoms with Gasteiger partial charge in [-0.3, -0.25) is 4.72 Å². The SMILES string of the molecule is Cc1ccccc1S(=O)(=O)Nc1cc(-c2ccccc2)sc1OC(=O)O. The predicted molar refractivity (Wildman–Crippen MR) is 100 cm³/mol. The second-order valence-corrected chi connectivity index (χ2v) is 8.08. The number of rotatable bonds is 5. The maximum atomic E-state index is 12.7. The van der Waals surface area contributed by atoms with Crippen LogP contribution in [-0.2, 0) is 10.0 Å². The van der Waals surface area contributed by atoms with Gasteiger partial charge in [0.2, 0.25) is 5.06 Å². The molecule has 0 aliphatic rings. The number of thiophene rings is 1. The molecule has 1 aromatic heterocycles. The van der Waals surface area contributed by atoms with Gasteiger partial charge in [-0.25, -0.2) is 13.2 Å². The molecule has 0 bridgehead atoms. The molecule has 0 unspecified atom stereocenters. The number of hydrogen-bond acceptors (Lipinski definition) is 5. The van der Waals surface area contributed by atoms with Crippen molar-refractivity contribution in [1.82, 2.24) is 0 Å². The maximum absolute atomic E-state index is 12.7. The van der Waals surface area contributed by atoms with Crippen LogP contribution in [0.25, 0.3) is 10.4 Å². The Bertz CT molecular complexity index is 1040. The van der Waals surface area contributed by atoms with Crippen molar-refractivity contribution in [3.05, 3.63) is 66.2 Å². The van der Waals surface area contributed by atoms with Gasteiger partial charge in [-0.2, -0.15) is 0 Å². The fourth-order valence-corrected chi connectivity index (χ4v) is 4.73. The number of carboxylic acid groups (broad SMARTS) is 1. The maximum Gasteiger partial charge on any atom is 0.512 e. The van der Waals surface area contributed by atoms with Crippen molar-refractivity contribution < 1.29 is 23.1 Å². The highest BCUT2D eigenvalue weighted by Crippen LogP contribution is 2.41. The van der Waals surface area contributed by atoms with Gasteiger partial charge >= 0.3 is 6.16 Å². The van der Waals surface area contributed by atoms with Gasteiger partial charge in [-0.1, -0.05) is 59.9 Å². The Morgan fingerprint density at radius 2 is 1.73 bits per heavy atom. The molecule has 3 rings (SSSR count). The number of nitrogens with one attached hydrogen (secondary N) is 1. The van der Waals surface area contributed by atoms with E-state index in [0.717, 1.165) is 16.9 Å². The van der Waals surface area contributed by atoms with Crippen LogP contribution in [0.2, 0.25) is 0 Å². The van der Waals surface area contributed by atoms with E-state index in [1.807, 2.05) is 30.3 Å². The summed E-state index contributed by atoms with van der Waals surface area (Å²) in [5.74, 6) is 0. The first-order valence-corrected chi connectivity index (χ1v) is 9.85. The minimum Gasteiger partial charge on any atom is -0.449 e. The van der Waals surface area contributed by atoms with Gasteiger partial charge in [0.25, 0.3) is 10.0 Å². The smallest absolute Gasteiger partial charge is 0.449 e. The molecule has 3 aromatic rings. The van der Waals surface area contributed by atoms with Crippen molar-refractivity contribution in [2.75, 3.05) is 4.72 Å². The van der Waals surface area contributed by atoms with E-state index in [1.54, 1.807) is 31.2 Å². The van der Waals surface area contributed by atoms with Crippen molar-refractivity contribution in [2.45, 2.75) is 11.8 Å². The van der Waals surface area contributed by atoms with Crippen LogP contribution in [0.1, 0.15) is 5.56 Å². The Morgan fingerprint density at radius 3 is 2.38 bits per heavy atom. The van der Waals surface area contributed by atoms with Crippen LogP contribution in [0.15, 0.2) is 65.6 Å². The summed E-state index contributed by atoms with van der Waals surface area (Å²) < 4.78 is 32.6. The summed E-state index contributed by atoms with van der Waals surface area (Å²) in [6, 6.07) is 17.3. The Balaban J connectivity index is 2.02. The van der Waals surface area contributed by atoms with Crippen molar-refractivity contribution in [3.63, 3.8) is 0 Å². The molecule has 0 aliphatic carbocycles. The van der Waals surface area contributed by atoms with Gasteiger partial charge in [0, 0.05) is 4.88 Å². The summed E-state index contributed by atoms with van der Waals surface area (Å²) in [7, 11) is -3.89. The molecular weight excluding hydrogens is 374 g/mol. The molecule has 1 heterocycles. The molecule has 2 N–H and O–H groups in total. The van der Waals surface area contributed by atoms with Gasteiger partial charge in [0.05, 0.1) is 4.90 Å². The van der Waals surface area contributed by atoms with E-state index in [-0.39, 0.29) is 15.6 Å². The molecule has 8 heteroatoms. The fourth-order valence-electron chi connectivity index (χ4n) is 2.40. The molecule has 0 radical (unpaired) electrons. The molecule has 0 saturated heterocycles. The molecular formula is C18H15NO5S2. The summed E-state index contributed by atoms with van der Waals surface area (Å²) in [6.45, 7) is 1.69. The zero-order valence-electron chi connectivity index (χ0n) is 13.7. The van der Waals surface area contributed by atoms with Crippen molar-refractivity contribution >= 4 is 33.2 Å². The molecule has 6 nitrogen and oxygen atoms in total. The first-order valence-electron chi connectivity index (χ1n) is 7.55. The van der Waals surface area contributed by atoms with Crippen LogP contribution in [0.3, 0.4) is 0 Å². The average molecular weight is 389 g/mol. The Kier molecular flexibility index (Phi) is 4.97. The third-order valence-electron chi connectivity index (χ3n) is 3.56. The largest absolute Gasteiger partial charge is 0.512 e. The van der Waals surface area contributed by atoms with Gasteiger partial charge in [0.15, 0.2) is 0 Å². The van der Waals surface area contributed by atoms with Crippen LogP contribution in [0.4, 0.5) is 10.5 Å². The first-order chi connectivity index (χ1) is 12.4. The zero-order chi connectivity index (χ0) is 18.7. The lowest BCUT2D eigenvalue weighted by Gasteiger charge is -2.10. The molecule has 26 heavy (non-hydrogen) atoms. The number of ether oxygens (including phenoxy) is 1. The third kappa shape index (κ3) is 3.87. The molecule has 0 amide bonds. The van der Waals surface area contributed by atoms with E-state index >= 15 is 0 Å². The van der Waals surface area contributed by atoms with Crippen molar-refractivity contribution in [3.8, 4) is 15.5 Å². The zero-order valence-corrected chi connectivity index (χ0v) is 15.3. The lowest BCUT2D eigenvalue weighted by Crippen LogP contribution is -2.15. The lowest BCUT2D eigenvalue weighted by molar-refractivity contribution is 0.146. The molecule has 0 saturated carbocycles. The highest BCUT2D eigenvalue weighted by atomic mass is 32.2. The second-order valence-electron chi connectivity index (χ2n) is 5.42. The summed E-state index contributed by atoms with van der Waals surface area (Å²) in [5.41, 5.74) is 1.49. The standard InChI is InChI=1S/C18H15NO5S2/c1-12-7-5-6-10-16(12)26(22,23)19-14-11-15(13-8-3-2-4-9-13)25-17(14)24-18(20)21/h2-11,19H,1H3,(H,20,21). The summed E-state index contributed by atoms with van der Waals surface area (Å²) >= 11 is 1.05. The number of aryl methyl sites for hydroxylation is 1. The average Bonchev–Trinajstić information content (AvgIpc) is 2.97. The number of sulfonamides is 1. The summed E-state index contributed by atoms with van der Waals surface area (Å²) in [6.07, 6.45) is -1.51. The van der Waals surface area contributed by atoms with Gasteiger partial charge in [-0.15, -0.1) is 0 Å². The normalized spacial score (nSPS) is 11.1. The number of hydrogen-bond donors (Lipinski definition) is 2. The Hall–Kier alpha value is -2.84. The molecule has 0 spiro atoms. The minimum atomic E-state index is -3.89. The minimum absolute atomic E-state index is 0.0338. The lowest BCUT2D eigenvalue weighted by atomic mass is 10.2. The van der Waals surface area contributed by atoms with E-state index in [4.69, 9.17) is 9.84 Å². The second kappa shape index (κ2) is 7.19. The van der Waals surface area contributed by atoms with Crippen LogP contribution in [0, 0.1) is 6.92 Å². The van der Waals surface area contributed by atoms with E-state index in [9.17, 15) is 13.2 Å². The van der Waals surface area contributed by atoms with E-state index in [2.05, 4.69) is 4.72 Å². The van der Waals surface area contributed by atoms with E-state index in [1.165, 1.54) is 6.07 Å². The van der Waals surface area contributed by atoms with Gasteiger partial charge in [-0.05, 0) is 30.2 Å². The van der Waals surface area contributed by atoms with Gasteiger partial charge < -0.3 is 9.84 Å². The predicted octanol–water partition coefficient (Wildman–Crippen LogP) is 4.58. The fraction of sp³-hybridized carbons (Fsp3) is 0.0556. The number of carbonyl (C=O) groups is 1. The quantitative estimate of drug-likeness (QED) is 0.623. The first kappa shape index (κ1) is 18.0. The van der Waals surface area contributed by atoms with Gasteiger partial charge in [0.1, 0.15) is 5.69 Å². The topological polar surface area (TPSA) is 92.7 Å². The Morgan fingerprint density at radius 1 is 1.08 bits per heavy atom. The monoisotopic (exact) mass is 389 g/mol. The van der Waals surface area contributed by atoms with Crippen LogP contribution in [0.5, 0.6) is 5.06 Å². The van der Waals surface area contributed by atoms with Crippen LogP contribution >= 0.6 is 11.3 Å². The van der Waals surface area contributed by atoms with Crippen molar-refractivity contribution in [1.29, 1.82) is 0 Å². The molecule has 2 aromatic carbocycles. The highest BCUT2D eigenvalue weighted by molar-refractivity contribution is 7.92. The van der Waals surface area contributed by atoms with Crippen LogP contribution in [-0.4, -0.2) is 19.7 Å². The van der Waals surface area contributed by atoms with E-state index in [0.29, 0.717) is 10.4 Å². The van der Waals surface area contributed by atoms with Crippen LogP contribution < -0.4 is 9.46 Å². The van der Waals surface area contributed by atoms with Crippen molar-refractivity contribution in [2.24, 2.45) is 0 Å².